The van der Waals surface area contributed by atoms with Gasteiger partial charge >= 0.3 is 0 Å². The molecule has 0 bridgehead atoms. The Labute approximate surface area is 322 Å². The third kappa shape index (κ3) is 5.48. The number of furan rings is 1. The largest absolute Gasteiger partial charge is 0.456 e. The number of rotatable bonds is 6. The summed E-state index contributed by atoms with van der Waals surface area (Å²) in [5.41, 5.74) is 12.1. The second-order valence-corrected chi connectivity index (χ2v) is 15.2. The van der Waals surface area contributed by atoms with Gasteiger partial charge in [0.05, 0.1) is 0 Å². The van der Waals surface area contributed by atoms with Gasteiger partial charge in [-0.1, -0.05) is 127 Å². The van der Waals surface area contributed by atoms with Crippen LogP contribution in [0.15, 0.2) is 205 Å². The maximum atomic E-state index is 6.31. The minimum Gasteiger partial charge on any atom is -0.456 e. The molecule has 2 heterocycles. The van der Waals surface area contributed by atoms with Crippen molar-refractivity contribution in [1.82, 2.24) is 0 Å². The average molecular weight is 720 g/mol. The van der Waals surface area contributed by atoms with Crippen molar-refractivity contribution in [3.63, 3.8) is 0 Å². The van der Waals surface area contributed by atoms with Crippen LogP contribution in [0.4, 0.5) is 17.1 Å². The fourth-order valence-electron chi connectivity index (χ4n) is 8.20. The Morgan fingerprint density at radius 3 is 1.67 bits per heavy atom. The second kappa shape index (κ2) is 12.9. The van der Waals surface area contributed by atoms with Crippen molar-refractivity contribution in [3.05, 3.63) is 200 Å². The van der Waals surface area contributed by atoms with Crippen molar-refractivity contribution in [2.45, 2.75) is 0 Å². The lowest BCUT2D eigenvalue weighted by Crippen LogP contribution is -2.10. The normalized spacial score (nSPS) is 11.6. The molecule has 3 heteroatoms. The van der Waals surface area contributed by atoms with Crippen LogP contribution in [0, 0.1) is 0 Å². The first-order chi connectivity index (χ1) is 27.2. The molecule has 0 saturated heterocycles. The molecule has 0 unspecified atom stereocenters. The molecule has 2 aromatic heterocycles. The van der Waals surface area contributed by atoms with Gasteiger partial charge in [-0.25, -0.2) is 0 Å². The number of thiophene rings is 1. The lowest BCUT2D eigenvalue weighted by atomic mass is 9.97. The Morgan fingerprint density at radius 1 is 0.327 bits per heavy atom. The fraction of sp³-hybridized carbons (Fsp3) is 0. The monoisotopic (exact) mass is 719 g/mol. The molecule has 0 atom stereocenters. The molecule has 0 aliphatic heterocycles. The van der Waals surface area contributed by atoms with Crippen LogP contribution in [0.5, 0.6) is 0 Å². The third-order valence-corrected chi connectivity index (χ3v) is 12.0. The molecule has 0 aliphatic rings. The van der Waals surface area contributed by atoms with Crippen LogP contribution in [0.2, 0.25) is 0 Å². The van der Waals surface area contributed by atoms with Crippen LogP contribution >= 0.6 is 11.3 Å². The summed E-state index contributed by atoms with van der Waals surface area (Å²) in [4.78, 5) is 2.39. The van der Waals surface area contributed by atoms with Gasteiger partial charge in [0, 0.05) is 48.0 Å². The highest BCUT2D eigenvalue weighted by Gasteiger charge is 2.17. The molecule has 0 spiro atoms. The van der Waals surface area contributed by atoms with Crippen LogP contribution in [-0.4, -0.2) is 0 Å². The maximum absolute atomic E-state index is 6.31. The summed E-state index contributed by atoms with van der Waals surface area (Å²) in [6, 6.07) is 72.4. The summed E-state index contributed by atoms with van der Waals surface area (Å²) < 4.78 is 8.94. The zero-order valence-corrected chi connectivity index (χ0v) is 30.6. The Morgan fingerprint density at radius 2 is 0.873 bits per heavy atom. The van der Waals surface area contributed by atoms with Crippen LogP contribution in [0.3, 0.4) is 0 Å². The molecule has 0 amide bonds. The molecule has 0 radical (unpaired) electrons. The van der Waals surface area contributed by atoms with E-state index in [0.29, 0.717) is 0 Å². The summed E-state index contributed by atoms with van der Waals surface area (Å²) in [6.45, 7) is 0. The molecule has 11 rings (SSSR count). The highest BCUT2D eigenvalue weighted by atomic mass is 32.1. The smallest absolute Gasteiger partial charge is 0.136 e. The van der Waals surface area contributed by atoms with E-state index in [0.717, 1.165) is 50.1 Å². The first kappa shape index (κ1) is 31.6. The van der Waals surface area contributed by atoms with E-state index in [2.05, 4.69) is 193 Å². The van der Waals surface area contributed by atoms with Gasteiger partial charge in [-0.15, -0.1) is 11.3 Å². The summed E-state index contributed by atoms with van der Waals surface area (Å²) in [5, 5.41) is 7.37. The van der Waals surface area contributed by atoms with Gasteiger partial charge in [0.2, 0.25) is 0 Å². The van der Waals surface area contributed by atoms with Crippen molar-refractivity contribution in [3.8, 4) is 33.4 Å². The first-order valence-electron chi connectivity index (χ1n) is 18.7. The molecule has 0 saturated carbocycles. The van der Waals surface area contributed by atoms with Gasteiger partial charge in [-0.05, 0) is 117 Å². The van der Waals surface area contributed by atoms with Crippen LogP contribution < -0.4 is 4.90 Å². The number of anilines is 3. The van der Waals surface area contributed by atoms with Crippen molar-refractivity contribution < 1.29 is 4.42 Å². The van der Waals surface area contributed by atoms with E-state index in [-0.39, 0.29) is 0 Å². The molecular formula is C52H33NOS. The third-order valence-electron chi connectivity index (χ3n) is 10.8. The number of nitrogens with zero attached hydrogens (tertiary/aromatic N) is 1. The Hall–Kier alpha value is -6.94. The molecular weight excluding hydrogens is 687 g/mol. The van der Waals surface area contributed by atoms with Crippen LogP contribution in [0.25, 0.3) is 86.3 Å². The van der Waals surface area contributed by atoms with Crippen molar-refractivity contribution in [1.29, 1.82) is 0 Å². The number of hydrogen-bond donors (Lipinski definition) is 0. The predicted octanol–water partition coefficient (Wildman–Crippen LogP) is 15.6. The molecule has 0 aliphatic carbocycles. The Bertz CT molecular complexity index is 3240. The minimum atomic E-state index is 0.895. The first-order valence-corrected chi connectivity index (χ1v) is 19.5. The minimum absolute atomic E-state index is 0.895. The highest BCUT2D eigenvalue weighted by molar-refractivity contribution is 7.25. The molecule has 258 valence electrons. The topological polar surface area (TPSA) is 16.4 Å². The van der Waals surface area contributed by atoms with E-state index in [9.17, 15) is 0 Å². The van der Waals surface area contributed by atoms with E-state index in [1.54, 1.807) is 0 Å². The van der Waals surface area contributed by atoms with Crippen molar-refractivity contribution >= 4 is 81.3 Å². The lowest BCUT2D eigenvalue weighted by molar-refractivity contribution is 0.669. The number of para-hydroxylation sites is 1. The molecule has 0 N–H and O–H groups in total. The average Bonchev–Trinajstić information content (AvgIpc) is 3.82. The van der Waals surface area contributed by atoms with Crippen molar-refractivity contribution in [2.24, 2.45) is 0 Å². The van der Waals surface area contributed by atoms with E-state index in [4.69, 9.17) is 4.42 Å². The Kier molecular flexibility index (Phi) is 7.39. The molecule has 55 heavy (non-hydrogen) atoms. The number of benzene rings is 9. The maximum Gasteiger partial charge on any atom is 0.136 e. The SMILES string of the molecule is c1cc(-c2ccc3c(c2)oc2ccccc23)cc(N(c2cccc(-c3ccc4sc5ccccc5c4c3)c2)c2cccc(-c3cccc4ccccc34)c2)c1. The van der Waals surface area contributed by atoms with E-state index in [1.807, 2.05) is 23.5 Å². The lowest BCUT2D eigenvalue weighted by Gasteiger charge is -2.27. The molecule has 0 fully saturated rings. The summed E-state index contributed by atoms with van der Waals surface area (Å²) in [5.74, 6) is 0. The number of fused-ring (bicyclic) bond motifs is 7. The van der Waals surface area contributed by atoms with Crippen molar-refractivity contribution in [2.75, 3.05) is 4.90 Å². The zero-order chi connectivity index (χ0) is 36.3. The predicted molar refractivity (Wildman–Crippen MR) is 235 cm³/mol. The van der Waals surface area contributed by atoms with Crippen LogP contribution in [-0.2, 0) is 0 Å². The van der Waals surface area contributed by atoms with Gasteiger partial charge in [-0.3, -0.25) is 0 Å². The molecule has 9 aromatic carbocycles. The van der Waals surface area contributed by atoms with E-state index < -0.39 is 0 Å². The Balaban J connectivity index is 1.07. The number of hydrogen-bond acceptors (Lipinski definition) is 3. The quantitative estimate of drug-likeness (QED) is 0.170. The van der Waals surface area contributed by atoms with Gasteiger partial charge in [-0.2, -0.15) is 0 Å². The zero-order valence-electron chi connectivity index (χ0n) is 29.8. The van der Waals surface area contributed by atoms with Gasteiger partial charge < -0.3 is 9.32 Å². The van der Waals surface area contributed by atoms with Crippen LogP contribution in [0.1, 0.15) is 0 Å². The van der Waals surface area contributed by atoms with Gasteiger partial charge in [0.25, 0.3) is 0 Å². The van der Waals surface area contributed by atoms with Gasteiger partial charge in [0.1, 0.15) is 11.2 Å². The standard InChI is InChI=1S/C52H33NOS/c1-2-19-43-34(11-1)12-10-22-44(43)39-15-9-18-42(31-39)53(40-16-7-13-35(29-40)37-26-28-52-48(32-37)47-21-4-6-24-51(47)55-52)41-17-8-14-36(30-41)38-25-27-46-45-20-3-5-23-49(45)54-50(46)33-38/h1-33H. The molecule has 2 nitrogen and oxygen atoms in total. The second-order valence-electron chi connectivity index (χ2n) is 14.1. The molecule has 11 aromatic rings. The summed E-state index contributed by atoms with van der Waals surface area (Å²) in [7, 11) is 0. The summed E-state index contributed by atoms with van der Waals surface area (Å²) >= 11 is 1.85. The fourth-order valence-corrected chi connectivity index (χ4v) is 9.28. The van der Waals surface area contributed by atoms with E-state index in [1.165, 1.54) is 53.2 Å². The van der Waals surface area contributed by atoms with E-state index >= 15 is 0 Å². The summed E-state index contributed by atoms with van der Waals surface area (Å²) in [6.07, 6.45) is 0. The van der Waals surface area contributed by atoms with Gasteiger partial charge in [0.15, 0.2) is 0 Å². The highest BCUT2D eigenvalue weighted by Crippen LogP contribution is 2.42.